The third-order valence-electron chi connectivity index (χ3n) is 4.15. The number of carbonyl (C=O) groups excluding carboxylic acids is 1. The summed E-state index contributed by atoms with van der Waals surface area (Å²) >= 11 is 0. The number of imidazole rings is 1. The predicted octanol–water partition coefficient (Wildman–Crippen LogP) is 3.07. The second-order valence-electron chi connectivity index (χ2n) is 6.31. The predicted molar refractivity (Wildman–Crippen MR) is 108 cm³/mol. The monoisotopic (exact) mass is 386 g/mol. The fraction of sp³-hybridized carbons (Fsp3) is 0.100. The number of nitrogens with zero attached hydrogens (tertiary/aromatic N) is 6. The van der Waals surface area contributed by atoms with Gasteiger partial charge in [-0.25, -0.2) is 19.9 Å². The zero-order chi connectivity index (χ0) is 20.2. The van der Waals surface area contributed by atoms with Gasteiger partial charge in [0.15, 0.2) is 0 Å². The molecule has 0 atom stereocenters. The lowest BCUT2D eigenvalue weighted by atomic mass is 10.2. The molecule has 9 heteroatoms. The Labute approximate surface area is 166 Å². The van der Waals surface area contributed by atoms with Crippen molar-refractivity contribution in [2.45, 2.75) is 13.8 Å². The summed E-state index contributed by atoms with van der Waals surface area (Å²) in [5.74, 6) is 1.90. The van der Waals surface area contributed by atoms with Gasteiger partial charge < -0.3 is 10.6 Å². The molecule has 0 saturated carbocycles. The number of amides is 1. The second kappa shape index (κ2) is 7.85. The molecule has 0 aliphatic rings. The summed E-state index contributed by atoms with van der Waals surface area (Å²) in [6, 6.07) is 9.12. The maximum atomic E-state index is 12.2. The van der Waals surface area contributed by atoms with Crippen LogP contribution in [0.1, 0.15) is 22.0 Å². The van der Waals surface area contributed by atoms with Gasteiger partial charge in [0.05, 0.1) is 11.9 Å². The summed E-state index contributed by atoms with van der Waals surface area (Å²) in [5.41, 5.74) is 2.50. The smallest absolute Gasteiger partial charge is 0.275 e. The van der Waals surface area contributed by atoms with Crippen molar-refractivity contribution in [3.63, 3.8) is 0 Å². The van der Waals surface area contributed by atoms with Crippen LogP contribution in [0.2, 0.25) is 0 Å². The number of benzene rings is 1. The molecule has 2 N–H and O–H groups in total. The molecule has 0 aliphatic heterocycles. The number of rotatable bonds is 5. The second-order valence-corrected chi connectivity index (χ2v) is 6.31. The Hall–Kier alpha value is -4.14. The fourth-order valence-electron chi connectivity index (χ4n) is 2.66. The van der Waals surface area contributed by atoms with E-state index in [-0.39, 0.29) is 11.6 Å². The van der Waals surface area contributed by atoms with Crippen LogP contribution < -0.4 is 10.6 Å². The van der Waals surface area contributed by atoms with Crippen LogP contribution in [0.25, 0.3) is 5.82 Å². The van der Waals surface area contributed by atoms with Crippen LogP contribution in [0.4, 0.5) is 17.2 Å². The van der Waals surface area contributed by atoms with Crippen molar-refractivity contribution in [2.75, 3.05) is 10.6 Å². The van der Waals surface area contributed by atoms with Crippen molar-refractivity contribution >= 4 is 23.1 Å². The van der Waals surface area contributed by atoms with Crippen LogP contribution in [0.15, 0.2) is 61.4 Å². The van der Waals surface area contributed by atoms with E-state index in [9.17, 15) is 4.79 Å². The molecule has 3 aromatic heterocycles. The minimum absolute atomic E-state index is 0.265. The number of aromatic nitrogens is 6. The number of hydrogen-bond donors (Lipinski definition) is 2. The van der Waals surface area contributed by atoms with Crippen LogP contribution in [-0.4, -0.2) is 35.4 Å². The molecule has 0 spiro atoms. The van der Waals surface area contributed by atoms with Crippen molar-refractivity contribution in [1.29, 1.82) is 0 Å². The SMILES string of the molecule is Cc1cnc(C(=O)Nc2ccc(Nc3cc(-n4ccnc4C)ncn3)cc2)cn1. The molecule has 29 heavy (non-hydrogen) atoms. The highest BCUT2D eigenvalue weighted by Crippen LogP contribution is 2.19. The Morgan fingerprint density at radius 1 is 0.931 bits per heavy atom. The van der Waals surface area contributed by atoms with Gasteiger partial charge in [-0.1, -0.05) is 0 Å². The lowest BCUT2D eigenvalue weighted by Gasteiger charge is -2.09. The molecule has 4 aromatic rings. The van der Waals surface area contributed by atoms with E-state index in [0.717, 1.165) is 23.0 Å². The molecule has 0 bridgehead atoms. The molecule has 9 nitrogen and oxygen atoms in total. The highest BCUT2D eigenvalue weighted by Gasteiger charge is 2.08. The Bertz CT molecular complexity index is 1140. The van der Waals surface area contributed by atoms with Crippen molar-refractivity contribution in [3.05, 3.63) is 78.7 Å². The van der Waals surface area contributed by atoms with Crippen LogP contribution in [0, 0.1) is 13.8 Å². The van der Waals surface area contributed by atoms with Crippen molar-refractivity contribution in [2.24, 2.45) is 0 Å². The highest BCUT2D eigenvalue weighted by molar-refractivity contribution is 6.02. The molecular weight excluding hydrogens is 368 g/mol. The summed E-state index contributed by atoms with van der Waals surface area (Å²) < 4.78 is 1.87. The Morgan fingerprint density at radius 2 is 1.72 bits per heavy atom. The normalized spacial score (nSPS) is 10.6. The van der Waals surface area contributed by atoms with Crippen LogP contribution in [0.5, 0.6) is 0 Å². The van der Waals surface area contributed by atoms with E-state index in [1.54, 1.807) is 24.5 Å². The van der Waals surface area contributed by atoms with Gasteiger partial charge in [-0.05, 0) is 38.1 Å². The van der Waals surface area contributed by atoms with Gasteiger partial charge in [-0.3, -0.25) is 14.3 Å². The van der Waals surface area contributed by atoms with Gasteiger partial charge in [0, 0.05) is 36.0 Å². The average Bonchev–Trinajstić information content (AvgIpc) is 3.16. The van der Waals surface area contributed by atoms with Crippen molar-refractivity contribution in [1.82, 2.24) is 29.5 Å². The molecule has 144 valence electrons. The Balaban J connectivity index is 1.44. The minimum atomic E-state index is -0.311. The first-order valence-corrected chi connectivity index (χ1v) is 8.88. The van der Waals surface area contributed by atoms with Crippen LogP contribution >= 0.6 is 0 Å². The van der Waals surface area contributed by atoms with E-state index in [0.29, 0.717) is 11.5 Å². The molecule has 1 amide bonds. The Kier molecular flexibility index (Phi) is 4.93. The Morgan fingerprint density at radius 3 is 2.41 bits per heavy atom. The fourth-order valence-corrected chi connectivity index (χ4v) is 2.66. The number of carbonyl (C=O) groups is 1. The first-order chi connectivity index (χ1) is 14.1. The van der Waals surface area contributed by atoms with Crippen LogP contribution in [0.3, 0.4) is 0 Å². The van der Waals surface area contributed by atoms with E-state index in [4.69, 9.17) is 0 Å². The largest absolute Gasteiger partial charge is 0.340 e. The first kappa shape index (κ1) is 18.2. The van der Waals surface area contributed by atoms with E-state index in [2.05, 4.69) is 35.6 Å². The average molecular weight is 386 g/mol. The van der Waals surface area contributed by atoms with E-state index < -0.39 is 0 Å². The van der Waals surface area contributed by atoms with Crippen molar-refractivity contribution in [3.8, 4) is 5.82 Å². The van der Waals surface area contributed by atoms with Gasteiger partial charge in [0.1, 0.15) is 29.5 Å². The summed E-state index contributed by atoms with van der Waals surface area (Å²) in [6.45, 7) is 3.72. The third kappa shape index (κ3) is 4.24. The molecule has 4 rings (SSSR count). The minimum Gasteiger partial charge on any atom is -0.340 e. The van der Waals surface area contributed by atoms with Gasteiger partial charge in [-0.2, -0.15) is 0 Å². The zero-order valence-corrected chi connectivity index (χ0v) is 15.9. The number of aryl methyl sites for hydroxylation is 2. The molecule has 0 fully saturated rings. The lowest BCUT2D eigenvalue weighted by Crippen LogP contribution is -2.14. The standard InChI is InChI=1S/C20H18N8O/c1-13-10-23-17(11-22-13)20(29)27-16-5-3-15(4-6-16)26-18-9-19(25-12-24-18)28-8-7-21-14(28)2/h3-12H,1-2H3,(H,27,29)(H,24,25,26). The molecule has 0 unspecified atom stereocenters. The summed E-state index contributed by atoms with van der Waals surface area (Å²) in [4.78, 5) is 33.1. The number of hydrogen-bond acceptors (Lipinski definition) is 7. The molecule has 1 aromatic carbocycles. The van der Waals surface area contributed by atoms with Gasteiger partial charge in [0.25, 0.3) is 5.91 Å². The van der Waals surface area contributed by atoms with E-state index >= 15 is 0 Å². The summed E-state index contributed by atoms with van der Waals surface area (Å²) in [7, 11) is 0. The molecule has 0 aliphatic carbocycles. The number of nitrogens with one attached hydrogen (secondary N) is 2. The topological polar surface area (TPSA) is 111 Å². The lowest BCUT2D eigenvalue weighted by molar-refractivity contribution is 0.102. The summed E-state index contributed by atoms with van der Waals surface area (Å²) in [5, 5.41) is 6.02. The van der Waals surface area contributed by atoms with E-state index in [1.807, 2.05) is 42.8 Å². The third-order valence-corrected chi connectivity index (χ3v) is 4.15. The molecule has 3 heterocycles. The van der Waals surface area contributed by atoms with Gasteiger partial charge >= 0.3 is 0 Å². The first-order valence-electron chi connectivity index (χ1n) is 8.88. The molecular formula is C20H18N8O. The quantitative estimate of drug-likeness (QED) is 0.542. The van der Waals surface area contributed by atoms with E-state index in [1.165, 1.54) is 12.5 Å². The number of anilines is 3. The zero-order valence-electron chi connectivity index (χ0n) is 15.9. The maximum absolute atomic E-state index is 12.2. The summed E-state index contributed by atoms with van der Waals surface area (Å²) in [6.07, 6.45) is 8.07. The van der Waals surface area contributed by atoms with Crippen LogP contribution in [-0.2, 0) is 0 Å². The van der Waals surface area contributed by atoms with Gasteiger partial charge in [-0.15, -0.1) is 0 Å². The molecule has 0 radical (unpaired) electrons. The van der Waals surface area contributed by atoms with Crippen molar-refractivity contribution < 1.29 is 4.79 Å². The molecule has 0 saturated heterocycles. The maximum Gasteiger partial charge on any atom is 0.275 e. The van der Waals surface area contributed by atoms with Gasteiger partial charge in [0.2, 0.25) is 0 Å². The highest BCUT2D eigenvalue weighted by atomic mass is 16.1.